The molecule has 0 radical (unpaired) electrons. The van der Waals surface area contributed by atoms with Crippen molar-refractivity contribution in [1.82, 2.24) is 25.0 Å². The van der Waals surface area contributed by atoms with E-state index < -0.39 is 6.03 Å². The van der Waals surface area contributed by atoms with Gasteiger partial charge in [0.15, 0.2) is 5.13 Å². The monoisotopic (exact) mass is 436 g/mol. The summed E-state index contributed by atoms with van der Waals surface area (Å²) >= 11 is 7.29. The molecule has 3 aromatic rings. The van der Waals surface area contributed by atoms with Crippen LogP contribution in [0.1, 0.15) is 21.6 Å². The molecule has 0 spiro atoms. The first-order valence-corrected chi connectivity index (χ1v) is 9.76. The maximum Gasteiger partial charge on any atom is 0.321 e. The fourth-order valence-electron chi connectivity index (χ4n) is 2.49. The van der Waals surface area contributed by atoms with Crippen molar-refractivity contribution in [3.05, 3.63) is 63.6 Å². The molecule has 0 fully saturated rings. The molecule has 152 valence electrons. The van der Waals surface area contributed by atoms with Crippen LogP contribution in [0.2, 0.25) is 5.15 Å². The molecule has 1 aromatic carbocycles. The van der Waals surface area contributed by atoms with Crippen LogP contribution < -0.4 is 10.6 Å². The zero-order valence-corrected chi connectivity index (χ0v) is 17.2. The van der Waals surface area contributed by atoms with Crippen molar-refractivity contribution in [3.8, 4) is 0 Å². The normalized spacial score (nSPS) is 10.6. The minimum atomic E-state index is -0.457. The number of anilines is 1. The number of amides is 3. The van der Waals surface area contributed by atoms with E-state index in [-0.39, 0.29) is 30.0 Å². The van der Waals surface area contributed by atoms with E-state index >= 15 is 0 Å². The van der Waals surface area contributed by atoms with Crippen LogP contribution in [0.3, 0.4) is 0 Å². The van der Waals surface area contributed by atoms with E-state index in [0.29, 0.717) is 22.0 Å². The topological polar surface area (TPSA) is 92.2 Å². The number of benzene rings is 1. The molecule has 2 N–H and O–H groups in total. The molecule has 0 bridgehead atoms. The number of aryl methyl sites for hydroxylation is 1. The third-order valence-corrected chi connectivity index (χ3v) is 5.21. The number of carbonyl (C=O) groups excluding carboxylic acids is 2. The van der Waals surface area contributed by atoms with Crippen LogP contribution in [0.5, 0.6) is 0 Å². The van der Waals surface area contributed by atoms with Gasteiger partial charge >= 0.3 is 6.03 Å². The largest absolute Gasteiger partial charge is 0.336 e. The van der Waals surface area contributed by atoms with Gasteiger partial charge < -0.3 is 10.2 Å². The first kappa shape index (κ1) is 20.7. The summed E-state index contributed by atoms with van der Waals surface area (Å²) in [5.74, 6) is -0.640. The number of aromatic nitrogens is 3. The number of nitrogens with zero attached hydrogens (tertiary/aromatic N) is 4. The zero-order valence-electron chi connectivity index (χ0n) is 15.6. The van der Waals surface area contributed by atoms with Crippen molar-refractivity contribution in [2.45, 2.75) is 13.1 Å². The molecule has 3 amide bonds. The zero-order chi connectivity index (χ0) is 21.0. The summed E-state index contributed by atoms with van der Waals surface area (Å²) in [4.78, 5) is 30.2. The van der Waals surface area contributed by atoms with Gasteiger partial charge in [-0.3, -0.25) is 14.8 Å². The molecule has 0 unspecified atom stereocenters. The van der Waals surface area contributed by atoms with Crippen molar-refractivity contribution in [2.75, 3.05) is 12.4 Å². The molecule has 0 saturated carbocycles. The van der Waals surface area contributed by atoms with Crippen LogP contribution in [-0.4, -0.2) is 38.7 Å². The Labute approximate surface area is 175 Å². The lowest BCUT2D eigenvalue weighted by molar-refractivity contribution is 0.0783. The molecule has 2 aromatic heterocycles. The number of thiazole rings is 1. The highest BCUT2D eigenvalue weighted by molar-refractivity contribution is 7.13. The van der Waals surface area contributed by atoms with Gasteiger partial charge in [0.1, 0.15) is 11.0 Å². The Kier molecular flexibility index (Phi) is 6.45. The van der Waals surface area contributed by atoms with Crippen molar-refractivity contribution >= 4 is 40.0 Å². The van der Waals surface area contributed by atoms with Crippen LogP contribution in [0.4, 0.5) is 14.3 Å². The number of nitrogens with one attached hydrogen (secondary N) is 2. The predicted molar refractivity (Wildman–Crippen MR) is 108 cm³/mol. The Morgan fingerprint density at radius 2 is 2.17 bits per heavy atom. The molecule has 2 heterocycles. The lowest BCUT2D eigenvalue weighted by atomic mass is 10.2. The summed E-state index contributed by atoms with van der Waals surface area (Å²) in [5.41, 5.74) is 1.57. The molecule has 0 aliphatic rings. The van der Waals surface area contributed by atoms with E-state index in [2.05, 4.69) is 20.7 Å². The summed E-state index contributed by atoms with van der Waals surface area (Å²) in [7, 11) is 3.28. The molecule has 0 aliphatic heterocycles. The lowest BCUT2D eigenvalue weighted by Crippen LogP contribution is -2.28. The highest BCUT2D eigenvalue weighted by Crippen LogP contribution is 2.19. The molecule has 29 heavy (non-hydrogen) atoms. The first-order chi connectivity index (χ1) is 13.8. The Hall–Kier alpha value is -2.98. The molecular formula is C18H18ClFN6O2S. The van der Waals surface area contributed by atoms with Gasteiger partial charge in [-0.1, -0.05) is 23.7 Å². The third-order valence-electron chi connectivity index (χ3n) is 3.96. The summed E-state index contributed by atoms with van der Waals surface area (Å²) in [6.07, 6.45) is 1.41. The van der Waals surface area contributed by atoms with E-state index in [9.17, 15) is 14.0 Å². The van der Waals surface area contributed by atoms with Gasteiger partial charge in [0.05, 0.1) is 24.0 Å². The van der Waals surface area contributed by atoms with Crippen LogP contribution in [-0.2, 0) is 20.1 Å². The summed E-state index contributed by atoms with van der Waals surface area (Å²) in [5, 5.41) is 11.6. The fourth-order valence-corrected chi connectivity index (χ4v) is 3.36. The molecule has 0 atom stereocenters. The second kappa shape index (κ2) is 9.01. The second-order valence-corrected chi connectivity index (χ2v) is 7.43. The molecule has 11 heteroatoms. The SMILES string of the molecule is CN(Cc1csc(NC(=O)NCc2cccc(F)c2)n1)C(=O)c1cnn(C)c1Cl. The van der Waals surface area contributed by atoms with E-state index in [1.807, 2.05) is 0 Å². The minimum absolute atomic E-state index is 0.185. The number of halogens is 2. The van der Waals surface area contributed by atoms with E-state index in [4.69, 9.17) is 11.6 Å². The quantitative estimate of drug-likeness (QED) is 0.620. The number of rotatable bonds is 6. The average Bonchev–Trinajstić information content (AvgIpc) is 3.26. The summed E-state index contributed by atoms with van der Waals surface area (Å²) in [6.45, 7) is 0.429. The van der Waals surface area contributed by atoms with E-state index in [1.165, 1.54) is 39.2 Å². The third kappa shape index (κ3) is 5.30. The Balaban J connectivity index is 1.52. The number of hydrogen-bond acceptors (Lipinski definition) is 5. The van der Waals surface area contributed by atoms with Crippen molar-refractivity contribution in [3.63, 3.8) is 0 Å². The van der Waals surface area contributed by atoms with Crippen LogP contribution in [0.25, 0.3) is 0 Å². The molecule has 0 aliphatic carbocycles. The molecular weight excluding hydrogens is 419 g/mol. The van der Waals surface area contributed by atoms with E-state index in [0.717, 1.165) is 0 Å². The van der Waals surface area contributed by atoms with E-state index in [1.54, 1.807) is 31.6 Å². The number of urea groups is 1. The predicted octanol–water partition coefficient (Wildman–Crippen LogP) is 3.26. The van der Waals surface area contributed by atoms with Crippen molar-refractivity contribution in [1.29, 1.82) is 0 Å². The van der Waals surface area contributed by atoms with Crippen LogP contribution >= 0.6 is 22.9 Å². The summed E-state index contributed by atoms with van der Waals surface area (Å²) < 4.78 is 14.6. The Morgan fingerprint density at radius 3 is 2.86 bits per heavy atom. The van der Waals surface area contributed by atoms with Gasteiger partial charge in [-0.2, -0.15) is 5.10 Å². The highest BCUT2D eigenvalue weighted by Gasteiger charge is 2.19. The Morgan fingerprint density at radius 1 is 1.38 bits per heavy atom. The van der Waals surface area contributed by atoms with Crippen molar-refractivity contribution < 1.29 is 14.0 Å². The average molecular weight is 437 g/mol. The molecule has 0 saturated heterocycles. The number of carbonyl (C=O) groups is 2. The standard InChI is InChI=1S/C18H18ClFN6O2S/c1-25(16(27)14-8-22-26(2)15(14)19)9-13-10-29-18(23-13)24-17(28)21-7-11-4-3-5-12(20)6-11/h3-6,8,10H,7,9H2,1-2H3,(H2,21,23,24,28). The maximum absolute atomic E-state index is 13.2. The first-order valence-electron chi connectivity index (χ1n) is 8.50. The lowest BCUT2D eigenvalue weighted by Gasteiger charge is -2.15. The van der Waals surface area contributed by atoms with Gasteiger partial charge in [0.25, 0.3) is 5.91 Å². The highest BCUT2D eigenvalue weighted by atomic mass is 35.5. The molecule has 3 rings (SSSR count). The van der Waals surface area contributed by atoms with Gasteiger partial charge in [-0.05, 0) is 17.7 Å². The second-order valence-electron chi connectivity index (χ2n) is 6.22. The molecule has 8 nitrogen and oxygen atoms in total. The number of hydrogen-bond donors (Lipinski definition) is 2. The van der Waals surface area contributed by atoms with Crippen molar-refractivity contribution in [2.24, 2.45) is 7.05 Å². The van der Waals surface area contributed by atoms with Gasteiger partial charge in [-0.15, -0.1) is 11.3 Å². The van der Waals surface area contributed by atoms with Crippen LogP contribution in [0, 0.1) is 5.82 Å². The maximum atomic E-state index is 13.2. The fraction of sp³-hybridized carbons (Fsp3) is 0.222. The van der Waals surface area contributed by atoms with Crippen LogP contribution in [0.15, 0.2) is 35.8 Å². The minimum Gasteiger partial charge on any atom is -0.336 e. The van der Waals surface area contributed by atoms with Gasteiger partial charge in [-0.25, -0.2) is 14.2 Å². The smallest absolute Gasteiger partial charge is 0.321 e. The van der Waals surface area contributed by atoms with Gasteiger partial charge in [0.2, 0.25) is 0 Å². The summed E-state index contributed by atoms with van der Waals surface area (Å²) in [6, 6.07) is 5.52. The van der Waals surface area contributed by atoms with Gasteiger partial charge in [0, 0.05) is 26.0 Å². The Bertz CT molecular complexity index is 1040.